The Bertz CT molecular complexity index is 1210. The van der Waals surface area contributed by atoms with Crippen molar-refractivity contribution in [3.8, 4) is 17.0 Å². The van der Waals surface area contributed by atoms with Gasteiger partial charge in [0.15, 0.2) is 5.58 Å². The fourth-order valence-electron chi connectivity index (χ4n) is 4.29. The van der Waals surface area contributed by atoms with Crippen molar-refractivity contribution in [3.05, 3.63) is 70.6 Å². The molecule has 0 aliphatic carbocycles. The van der Waals surface area contributed by atoms with E-state index in [1.807, 2.05) is 60.0 Å². The van der Waals surface area contributed by atoms with Crippen molar-refractivity contribution in [2.75, 3.05) is 26.2 Å². The standard InChI is InChI=1S/C25H25ClN2O4S/c26-19-6-4-18(5-7-19)25(30)9-11-28(12-10-25)15-20(29)16-31-21-3-1-2-17(14-21)23-24-22(32-27-23)8-13-33-24/h1-8,13-14,20,29-30H,9-12,15-16H2. The zero-order valence-electron chi connectivity index (χ0n) is 18.0. The predicted molar refractivity (Wildman–Crippen MR) is 130 cm³/mol. The minimum atomic E-state index is -0.849. The van der Waals surface area contributed by atoms with E-state index in [0.717, 1.165) is 27.1 Å². The van der Waals surface area contributed by atoms with Gasteiger partial charge in [-0.15, -0.1) is 11.3 Å². The third kappa shape index (κ3) is 4.93. The minimum absolute atomic E-state index is 0.189. The number of hydrogen-bond donors (Lipinski definition) is 2. The minimum Gasteiger partial charge on any atom is -0.491 e. The Morgan fingerprint density at radius 1 is 1.15 bits per heavy atom. The first-order valence-electron chi connectivity index (χ1n) is 11.0. The van der Waals surface area contributed by atoms with Crippen LogP contribution in [0.3, 0.4) is 0 Å². The summed E-state index contributed by atoms with van der Waals surface area (Å²) in [6.07, 6.45) is 0.588. The van der Waals surface area contributed by atoms with Gasteiger partial charge in [-0.05, 0) is 54.1 Å². The van der Waals surface area contributed by atoms with Crippen molar-refractivity contribution in [1.82, 2.24) is 10.1 Å². The van der Waals surface area contributed by atoms with Crippen LogP contribution in [-0.2, 0) is 5.60 Å². The van der Waals surface area contributed by atoms with Gasteiger partial charge in [-0.1, -0.05) is 41.0 Å². The molecule has 4 aromatic rings. The number of ether oxygens (including phenoxy) is 1. The summed E-state index contributed by atoms with van der Waals surface area (Å²) < 4.78 is 12.2. The Labute approximate surface area is 201 Å². The Morgan fingerprint density at radius 2 is 1.94 bits per heavy atom. The predicted octanol–water partition coefficient (Wildman–Crippen LogP) is 4.93. The molecule has 0 spiro atoms. The second-order valence-corrected chi connectivity index (χ2v) is 9.83. The number of thiophene rings is 1. The number of rotatable bonds is 7. The van der Waals surface area contributed by atoms with Crippen LogP contribution in [0.5, 0.6) is 5.75 Å². The van der Waals surface area contributed by atoms with Crippen LogP contribution in [0, 0.1) is 0 Å². The quantitative estimate of drug-likeness (QED) is 0.387. The van der Waals surface area contributed by atoms with Crippen molar-refractivity contribution in [3.63, 3.8) is 0 Å². The molecule has 6 nitrogen and oxygen atoms in total. The zero-order chi connectivity index (χ0) is 22.8. The average molecular weight is 485 g/mol. The molecule has 8 heteroatoms. The molecule has 1 atom stereocenters. The number of likely N-dealkylation sites (tertiary alicyclic amines) is 1. The molecule has 1 saturated heterocycles. The second-order valence-electron chi connectivity index (χ2n) is 8.48. The number of aliphatic hydroxyl groups excluding tert-OH is 1. The molecule has 0 amide bonds. The summed E-state index contributed by atoms with van der Waals surface area (Å²) in [5.41, 5.74) is 2.54. The van der Waals surface area contributed by atoms with Crippen molar-refractivity contribution in [2.45, 2.75) is 24.5 Å². The fourth-order valence-corrected chi connectivity index (χ4v) is 5.23. The maximum Gasteiger partial charge on any atom is 0.178 e. The number of halogens is 1. The Hall–Kier alpha value is -2.42. The lowest BCUT2D eigenvalue weighted by molar-refractivity contribution is -0.0372. The highest BCUT2D eigenvalue weighted by atomic mass is 35.5. The molecule has 1 aliphatic rings. The van der Waals surface area contributed by atoms with Crippen molar-refractivity contribution < 1.29 is 19.5 Å². The molecular formula is C25H25ClN2O4S. The van der Waals surface area contributed by atoms with Crippen LogP contribution in [0.15, 0.2) is 64.5 Å². The Morgan fingerprint density at radius 3 is 2.73 bits per heavy atom. The van der Waals surface area contributed by atoms with E-state index in [4.69, 9.17) is 20.9 Å². The molecule has 1 aliphatic heterocycles. The third-order valence-electron chi connectivity index (χ3n) is 6.16. The van der Waals surface area contributed by atoms with Crippen molar-refractivity contribution in [1.29, 1.82) is 0 Å². The Balaban J connectivity index is 1.14. The van der Waals surface area contributed by atoms with Crippen LogP contribution in [0.2, 0.25) is 5.02 Å². The summed E-state index contributed by atoms with van der Waals surface area (Å²) in [6.45, 7) is 2.09. The number of aromatic nitrogens is 1. The molecule has 0 radical (unpaired) electrons. The number of β-amino-alcohol motifs (C(OH)–C–C–N with tert-alkyl or cyclic N) is 1. The molecule has 1 fully saturated rings. The highest BCUT2D eigenvalue weighted by Gasteiger charge is 2.34. The van der Waals surface area contributed by atoms with E-state index in [-0.39, 0.29) is 6.61 Å². The first-order chi connectivity index (χ1) is 16.0. The number of benzene rings is 2. The molecule has 2 N–H and O–H groups in total. The van der Waals surface area contributed by atoms with E-state index in [0.29, 0.717) is 43.2 Å². The highest BCUT2D eigenvalue weighted by Crippen LogP contribution is 2.34. The van der Waals surface area contributed by atoms with E-state index < -0.39 is 11.7 Å². The lowest BCUT2D eigenvalue weighted by atomic mass is 9.84. The lowest BCUT2D eigenvalue weighted by Gasteiger charge is -2.39. The van der Waals surface area contributed by atoms with Crippen LogP contribution < -0.4 is 4.74 Å². The number of nitrogens with zero attached hydrogens (tertiary/aromatic N) is 2. The van der Waals surface area contributed by atoms with Crippen LogP contribution in [0.1, 0.15) is 18.4 Å². The fraction of sp³-hybridized carbons (Fsp3) is 0.320. The van der Waals surface area contributed by atoms with E-state index >= 15 is 0 Å². The Kier molecular flexibility index (Phi) is 6.40. The molecule has 2 aromatic heterocycles. The number of piperidine rings is 1. The topological polar surface area (TPSA) is 79.0 Å². The maximum absolute atomic E-state index is 11.0. The van der Waals surface area contributed by atoms with Crippen LogP contribution in [0.25, 0.3) is 21.5 Å². The molecule has 0 saturated carbocycles. The summed E-state index contributed by atoms with van der Waals surface area (Å²) in [5, 5.41) is 28.4. The van der Waals surface area contributed by atoms with Crippen molar-refractivity contribution >= 4 is 33.2 Å². The number of aliphatic hydroxyl groups is 2. The molecule has 5 rings (SSSR count). The van der Waals surface area contributed by atoms with E-state index in [2.05, 4.69) is 10.1 Å². The van der Waals surface area contributed by atoms with Gasteiger partial charge in [0.2, 0.25) is 0 Å². The first kappa shape index (κ1) is 22.4. The van der Waals surface area contributed by atoms with Crippen LogP contribution in [-0.4, -0.2) is 52.6 Å². The van der Waals surface area contributed by atoms with Gasteiger partial charge in [-0.25, -0.2) is 0 Å². The number of fused-ring (bicyclic) bond motifs is 1. The highest BCUT2D eigenvalue weighted by molar-refractivity contribution is 7.17. The average Bonchev–Trinajstić information content (AvgIpc) is 3.44. The summed E-state index contributed by atoms with van der Waals surface area (Å²) in [6, 6.07) is 17.0. The summed E-state index contributed by atoms with van der Waals surface area (Å²) in [4.78, 5) is 2.16. The molecule has 3 heterocycles. The van der Waals surface area contributed by atoms with Gasteiger partial charge in [0, 0.05) is 30.2 Å². The van der Waals surface area contributed by atoms with Crippen LogP contribution >= 0.6 is 22.9 Å². The summed E-state index contributed by atoms with van der Waals surface area (Å²) in [5.74, 6) is 0.676. The normalized spacial score (nSPS) is 17.3. The van der Waals surface area contributed by atoms with Gasteiger partial charge >= 0.3 is 0 Å². The van der Waals surface area contributed by atoms with Gasteiger partial charge in [0.1, 0.15) is 28.9 Å². The molecular weight excluding hydrogens is 460 g/mol. The van der Waals surface area contributed by atoms with Crippen LogP contribution in [0.4, 0.5) is 0 Å². The zero-order valence-corrected chi connectivity index (χ0v) is 19.6. The molecule has 0 bridgehead atoms. The lowest BCUT2D eigenvalue weighted by Crippen LogP contribution is -2.46. The second kappa shape index (κ2) is 9.44. The maximum atomic E-state index is 11.0. The monoisotopic (exact) mass is 484 g/mol. The molecule has 33 heavy (non-hydrogen) atoms. The number of hydrogen-bond acceptors (Lipinski definition) is 7. The SMILES string of the molecule is OC(COc1cccc(-c2noc3ccsc23)c1)CN1CCC(O)(c2ccc(Cl)cc2)CC1. The summed E-state index contributed by atoms with van der Waals surface area (Å²) in [7, 11) is 0. The molecule has 2 aromatic carbocycles. The van der Waals surface area contributed by atoms with Crippen molar-refractivity contribution in [2.24, 2.45) is 0 Å². The van der Waals surface area contributed by atoms with Gasteiger partial charge in [-0.3, -0.25) is 0 Å². The van der Waals surface area contributed by atoms with E-state index in [1.54, 1.807) is 11.3 Å². The first-order valence-corrected chi connectivity index (χ1v) is 12.2. The summed E-state index contributed by atoms with van der Waals surface area (Å²) >= 11 is 7.56. The largest absolute Gasteiger partial charge is 0.491 e. The molecule has 172 valence electrons. The van der Waals surface area contributed by atoms with Gasteiger partial charge in [0.25, 0.3) is 0 Å². The van der Waals surface area contributed by atoms with Gasteiger partial charge in [-0.2, -0.15) is 0 Å². The van der Waals surface area contributed by atoms with Gasteiger partial charge < -0.3 is 24.4 Å². The van der Waals surface area contributed by atoms with E-state index in [9.17, 15) is 10.2 Å². The third-order valence-corrected chi connectivity index (χ3v) is 7.32. The van der Waals surface area contributed by atoms with E-state index in [1.165, 1.54) is 0 Å². The van der Waals surface area contributed by atoms with Gasteiger partial charge in [0.05, 0.1) is 5.60 Å². The smallest absolute Gasteiger partial charge is 0.178 e. The molecule has 1 unspecified atom stereocenters.